The molecule has 1 aromatic carbocycles. The fraction of sp³-hybridized carbons (Fsp3) is 0.571. The van der Waals surface area contributed by atoms with E-state index in [1.165, 1.54) is 10.8 Å². The molecule has 1 aromatic rings. The van der Waals surface area contributed by atoms with Crippen LogP contribution in [0.2, 0.25) is 19.6 Å². The van der Waals surface area contributed by atoms with E-state index in [9.17, 15) is 4.21 Å². The van der Waals surface area contributed by atoms with Gasteiger partial charge in [0, 0.05) is 29.4 Å². The predicted molar refractivity (Wildman–Crippen MR) is 84.7 cm³/mol. The van der Waals surface area contributed by atoms with Crippen LogP contribution in [0.15, 0.2) is 24.3 Å². The Labute approximate surface area is 115 Å². The van der Waals surface area contributed by atoms with Crippen LogP contribution in [-0.4, -0.2) is 30.8 Å². The minimum atomic E-state index is -1.17. The first-order valence-corrected chi connectivity index (χ1v) is 11.7. The van der Waals surface area contributed by atoms with Crippen molar-refractivity contribution >= 4 is 24.1 Å². The molecule has 0 fully saturated rings. The van der Waals surface area contributed by atoms with Gasteiger partial charge in [0.15, 0.2) is 0 Å². The summed E-state index contributed by atoms with van der Waals surface area (Å²) in [7, 11) is -1.83. The largest absolute Gasteiger partial charge is 0.313 e. The van der Waals surface area contributed by atoms with Crippen LogP contribution in [0.5, 0.6) is 0 Å². The van der Waals surface area contributed by atoms with Crippen molar-refractivity contribution in [2.45, 2.75) is 32.6 Å². The van der Waals surface area contributed by atoms with Crippen LogP contribution in [0.3, 0.4) is 0 Å². The van der Waals surface area contributed by atoms with Crippen LogP contribution in [-0.2, 0) is 17.3 Å². The summed E-state index contributed by atoms with van der Waals surface area (Å²) < 4.78 is 10.9. The zero-order chi connectivity index (χ0) is 13.6. The summed E-state index contributed by atoms with van der Waals surface area (Å²) >= 11 is 0. The highest BCUT2D eigenvalue weighted by Gasteiger charge is 2.15. The molecule has 0 bridgehead atoms. The second-order valence-electron chi connectivity index (χ2n) is 5.75. The van der Waals surface area contributed by atoms with E-state index in [4.69, 9.17) is 0 Å². The van der Waals surface area contributed by atoms with Crippen LogP contribution < -0.4 is 10.5 Å². The summed E-state index contributed by atoms with van der Waals surface area (Å²) in [6.45, 7) is 8.94. The Kier molecular flexibility index (Phi) is 6.25. The second-order valence-corrected chi connectivity index (χ2v) is 12.4. The molecule has 0 spiro atoms. The smallest absolute Gasteiger partial charge is 0.0775 e. The molecule has 4 heteroatoms. The zero-order valence-corrected chi connectivity index (χ0v) is 13.8. The lowest BCUT2D eigenvalue weighted by Gasteiger charge is -2.16. The minimum Gasteiger partial charge on any atom is -0.313 e. The number of hydrogen-bond donors (Lipinski definition) is 1. The average molecular weight is 284 g/mol. The Morgan fingerprint density at radius 2 is 1.78 bits per heavy atom. The first kappa shape index (κ1) is 15.6. The maximum absolute atomic E-state index is 10.9. The van der Waals surface area contributed by atoms with Crippen molar-refractivity contribution in [3.8, 4) is 0 Å². The molecule has 18 heavy (non-hydrogen) atoms. The lowest BCUT2D eigenvalue weighted by molar-refractivity contribution is 0.662. The van der Waals surface area contributed by atoms with E-state index >= 15 is 0 Å². The molecule has 1 unspecified atom stereocenters. The molecule has 0 aliphatic heterocycles. The summed E-state index contributed by atoms with van der Waals surface area (Å²) in [6.07, 6.45) is 2.74. The maximum Gasteiger partial charge on any atom is 0.0775 e. The highest BCUT2D eigenvalue weighted by Crippen LogP contribution is 2.04. The summed E-state index contributed by atoms with van der Waals surface area (Å²) in [5.41, 5.74) is 1.33. The molecule has 2 nitrogen and oxygen atoms in total. The van der Waals surface area contributed by atoms with E-state index in [1.54, 1.807) is 6.26 Å². The SMILES string of the molecule is CS(=O)CCCNCc1ccc([Si](C)(C)C)cc1. The van der Waals surface area contributed by atoms with Crippen molar-refractivity contribution in [1.82, 2.24) is 5.32 Å². The van der Waals surface area contributed by atoms with Gasteiger partial charge in [0.2, 0.25) is 0 Å². The van der Waals surface area contributed by atoms with Gasteiger partial charge < -0.3 is 5.32 Å². The van der Waals surface area contributed by atoms with Gasteiger partial charge in [-0.05, 0) is 18.5 Å². The standard InChI is InChI=1S/C14H25NOSSi/c1-17(16)11-5-10-15-12-13-6-8-14(9-7-13)18(2,3)4/h6-9,15H,5,10-12H2,1-4H3. The van der Waals surface area contributed by atoms with Gasteiger partial charge >= 0.3 is 0 Å². The highest BCUT2D eigenvalue weighted by molar-refractivity contribution is 7.84. The van der Waals surface area contributed by atoms with Gasteiger partial charge in [-0.3, -0.25) is 4.21 Å². The van der Waals surface area contributed by atoms with Crippen LogP contribution in [0.4, 0.5) is 0 Å². The van der Waals surface area contributed by atoms with Crippen LogP contribution in [0.25, 0.3) is 0 Å². The van der Waals surface area contributed by atoms with Gasteiger partial charge in [-0.25, -0.2) is 0 Å². The van der Waals surface area contributed by atoms with E-state index in [0.29, 0.717) is 0 Å². The summed E-state index contributed by atoms with van der Waals surface area (Å²) in [5.74, 6) is 0.793. The van der Waals surface area contributed by atoms with Gasteiger partial charge in [0.05, 0.1) is 8.07 Å². The first-order chi connectivity index (χ1) is 8.39. The van der Waals surface area contributed by atoms with Crippen molar-refractivity contribution in [1.29, 1.82) is 0 Å². The van der Waals surface area contributed by atoms with Crippen molar-refractivity contribution < 1.29 is 4.21 Å². The maximum atomic E-state index is 10.9. The molecule has 1 atom stereocenters. The molecular weight excluding hydrogens is 258 g/mol. The summed E-state index contributed by atoms with van der Waals surface area (Å²) in [6, 6.07) is 8.98. The van der Waals surface area contributed by atoms with Gasteiger partial charge in [-0.1, -0.05) is 49.1 Å². The minimum absolute atomic E-state index is 0.662. The number of rotatable bonds is 7. The molecule has 0 heterocycles. The molecular formula is C14H25NOSSi. The number of benzene rings is 1. The first-order valence-electron chi connectivity index (χ1n) is 6.50. The fourth-order valence-corrected chi connectivity index (χ4v) is 3.47. The third-order valence-electron chi connectivity index (χ3n) is 2.93. The quantitative estimate of drug-likeness (QED) is 0.613. The van der Waals surface area contributed by atoms with Crippen molar-refractivity contribution in [3.63, 3.8) is 0 Å². The van der Waals surface area contributed by atoms with E-state index in [0.717, 1.165) is 25.3 Å². The lowest BCUT2D eigenvalue weighted by Crippen LogP contribution is -2.37. The molecule has 0 aromatic heterocycles. The lowest BCUT2D eigenvalue weighted by atomic mass is 10.2. The monoisotopic (exact) mass is 283 g/mol. The summed E-state index contributed by atoms with van der Waals surface area (Å²) in [4.78, 5) is 0. The highest BCUT2D eigenvalue weighted by atomic mass is 32.2. The van der Waals surface area contributed by atoms with Crippen LogP contribution in [0.1, 0.15) is 12.0 Å². The van der Waals surface area contributed by atoms with E-state index in [1.807, 2.05) is 0 Å². The molecule has 0 radical (unpaired) electrons. The molecule has 0 saturated heterocycles. The van der Waals surface area contributed by atoms with Crippen LogP contribution in [0, 0.1) is 0 Å². The Bertz CT molecular complexity index is 384. The van der Waals surface area contributed by atoms with Crippen LogP contribution >= 0.6 is 0 Å². The third-order valence-corrected chi connectivity index (χ3v) is 5.86. The predicted octanol–water partition coefficient (Wildman–Crippen LogP) is 2.09. The van der Waals surface area contributed by atoms with Gasteiger partial charge in [-0.2, -0.15) is 0 Å². The van der Waals surface area contributed by atoms with Gasteiger partial charge in [0.25, 0.3) is 0 Å². The molecule has 0 amide bonds. The second kappa shape index (κ2) is 7.21. The zero-order valence-electron chi connectivity index (χ0n) is 12.0. The van der Waals surface area contributed by atoms with Crippen molar-refractivity contribution in [3.05, 3.63) is 29.8 Å². The Morgan fingerprint density at radius 3 is 2.28 bits per heavy atom. The number of nitrogens with one attached hydrogen (secondary N) is 1. The fourth-order valence-electron chi connectivity index (χ4n) is 1.76. The normalized spacial score (nSPS) is 13.6. The molecule has 0 saturated carbocycles. The molecule has 1 N–H and O–H groups in total. The average Bonchev–Trinajstić information content (AvgIpc) is 2.27. The third kappa shape index (κ3) is 5.93. The van der Waals surface area contributed by atoms with Crippen molar-refractivity contribution in [2.24, 2.45) is 0 Å². The van der Waals surface area contributed by atoms with E-state index < -0.39 is 18.9 Å². The molecule has 102 valence electrons. The van der Waals surface area contributed by atoms with E-state index in [-0.39, 0.29) is 0 Å². The topological polar surface area (TPSA) is 29.1 Å². The van der Waals surface area contributed by atoms with Gasteiger partial charge in [0.1, 0.15) is 0 Å². The van der Waals surface area contributed by atoms with Crippen molar-refractivity contribution in [2.75, 3.05) is 18.6 Å². The summed E-state index contributed by atoms with van der Waals surface area (Å²) in [5, 5.41) is 4.90. The number of hydrogen-bond acceptors (Lipinski definition) is 2. The molecule has 0 aliphatic rings. The molecule has 1 rings (SSSR count). The molecule has 0 aliphatic carbocycles. The Hall–Kier alpha value is -0.453. The Balaban J connectivity index is 2.33. The van der Waals surface area contributed by atoms with E-state index in [2.05, 4.69) is 49.2 Å². The Morgan fingerprint density at radius 1 is 1.17 bits per heavy atom. The van der Waals surface area contributed by atoms with Gasteiger partial charge in [-0.15, -0.1) is 0 Å².